The molecule has 0 saturated heterocycles. The monoisotopic (exact) mass is 1010 g/mol. The first-order chi connectivity index (χ1) is 37.8. The van der Waals surface area contributed by atoms with Crippen LogP contribution in [-0.4, -0.2) is 235 Å². The molecule has 2 aliphatic carbocycles. The molecule has 31 heteroatoms. The average molecular weight is 1000 g/mol. The molecule has 2 atom stereocenters. The minimum atomic E-state index is 0.121. The average Bonchev–Trinajstić information content (AvgIpc) is 4.06. The summed E-state index contributed by atoms with van der Waals surface area (Å²) in [6, 6.07) is 0. The van der Waals surface area contributed by atoms with Crippen molar-refractivity contribution >= 4 is 443 Å². The van der Waals surface area contributed by atoms with Gasteiger partial charge in [0.1, 0.15) is 247 Å². The molecule has 8 aromatic carbocycles. The fourth-order valence-electron chi connectivity index (χ4n) is 17.1. The van der Waals surface area contributed by atoms with E-state index in [9.17, 15) is 0 Å². The molecule has 1 nitrogen and oxygen atoms in total. The number of allylic oxidation sites excluding steroid dienone is 8. The molecule has 11 rings (SSSR count). The van der Waals surface area contributed by atoms with Gasteiger partial charge in [-0.3, -0.25) is 0 Å². The highest BCUT2D eigenvalue weighted by Crippen LogP contribution is 2.55. The second kappa shape index (κ2) is 19.5. The first kappa shape index (κ1) is 58.3. The fraction of sp³-hybridized carbons (Fsp3) is 0.0400. The molecule has 0 spiro atoms. The van der Waals surface area contributed by atoms with Crippen LogP contribution in [0.5, 0.6) is 0 Å². The largest absolute Gasteiger partial charge is 0.457 e. The molecule has 0 aliphatic heterocycles. The molecule has 2 aliphatic rings. The fourth-order valence-corrected chi connectivity index (χ4v) is 17.1. The third-order valence-electron chi connectivity index (χ3n) is 24.1. The molecule has 0 fully saturated rings. The van der Waals surface area contributed by atoms with Gasteiger partial charge in [-0.25, -0.2) is 0 Å². The second-order valence-corrected chi connectivity index (χ2v) is 26.7. The lowest BCUT2D eigenvalue weighted by atomic mass is 9.45. The zero-order chi connectivity index (χ0) is 59.6. The molecule has 358 valence electrons. The van der Waals surface area contributed by atoms with Crippen LogP contribution < -0.4 is 131 Å². The van der Waals surface area contributed by atoms with Gasteiger partial charge in [0.05, 0.1) is 0 Å². The zero-order valence-electron chi connectivity index (χ0n) is 55.6. The molecular formula is C50H62B30O. The van der Waals surface area contributed by atoms with Crippen molar-refractivity contribution in [1.29, 1.82) is 0 Å². The highest BCUT2D eigenvalue weighted by molar-refractivity contribution is 6.76. The van der Waals surface area contributed by atoms with Gasteiger partial charge in [-0.2, -0.15) is 0 Å². The van der Waals surface area contributed by atoms with Crippen LogP contribution >= 0.6 is 0 Å². The van der Waals surface area contributed by atoms with Crippen LogP contribution in [0.3, 0.4) is 0 Å². The number of hydrogen-bond donors (Lipinski definition) is 0. The van der Waals surface area contributed by atoms with Gasteiger partial charge in [-0.05, 0) is 82.0 Å². The summed E-state index contributed by atoms with van der Waals surface area (Å²) < 4.78 is 7.34. The standard InChI is InChI=1S/C50H62B30O/c51-19-13(35(67)48(80)50-18(19)17-20(52)15-16(36(68)49(17)81-50)34(66)47(79)46(78)33(15)65)2-6-3(23(55)38(70)40(72)25(6)57)1(4-7(2)26(58)41(73)39(71)24(4)56)5-8-10(29(61)43(75)42(74)28(8)60)9(22(54)21(5)53)11-12-14(31(63)37(69)27(11)59)32(64)45(77)44(76)30(12)62/h8,10H,51-80H2. The number of benzene rings is 8. The van der Waals surface area contributed by atoms with Crippen LogP contribution in [0.1, 0.15) is 11.1 Å². The van der Waals surface area contributed by atoms with Crippen molar-refractivity contribution in [1.82, 2.24) is 0 Å². The lowest BCUT2D eigenvalue weighted by Crippen LogP contribution is -2.53. The van der Waals surface area contributed by atoms with Gasteiger partial charge in [0.25, 0.3) is 0 Å². The van der Waals surface area contributed by atoms with Crippen molar-refractivity contribution in [2.75, 3.05) is 0 Å². The van der Waals surface area contributed by atoms with E-state index in [1.807, 2.05) is 0 Å². The minimum Gasteiger partial charge on any atom is -0.457 e. The van der Waals surface area contributed by atoms with Crippen molar-refractivity contribution in [3.63, 3.8) is 0 Å². The molecule has 1 heterocycles. The van der Waals surface area contributed by atoms with E-state index in [0.717, 1.165) is 11.2 Å². The summed E-state index contributed by atoms with van der Waals surface area (Å²) in [7, 11) is 72.1. The molecule has 2 unspecified atom stereocenters. The lowest BCUT2D eigenvalue weighted by molar-refractivity contribution is 0.666. The Kier molecular flexibility index (Phi) is 14.1. The van der Waals surface area contributed by atoms with Gasteiger partial charge in [0, 0.05) is 22.6 Å². The van der Waals surface area contributed by atoms with Crippen LogP contribution in [0.4, 0.5) is 0 Å². The van der Waals surface area contributed by atoms with E-state index in [-0.39, 0.29) is 11.8 Å². The minimum absolute atomic E-state index is 0.121. The number of hydrogen-bond acceptors (Lipinski definition) is 1. The molecule has 1 aromatic heterocycles. The Labute approximate surface area is 510 Å². The topological polar surface area (TPSA) is 13.1 Å². The summed E-state index contributed by atoms with van der Waals surface area (Å²) in [5, 5.41) is 13.9. The third kappa shape index (κ3) is 7.36. The van der Waals surface area contributed by atoms with E-state index in [1.165, 1.54) is 251 Å². The summed E-state index contributed by atoms with van der Waals surface area (Å²) >= 11 is 0. The van der Waals surface area contributed by atoms with E-state index in [4.69, 9.17) is 4.42 Å². The van der Waals surface area contributed by atoms with Crippen molar-refractivity contribution in [3.8, 4) is 11.1 Å². The molecule has 0 bridgehead atoms. The molecule has 0 N–H and O–H groups in total. The first-order valence-electron chi connectivity index (χ1n) is 30.4. The maximum atomic E-state index is 7.34. The highest BCUT2D eigenvalue weighted by Gasteiger charge is 2.43. The predicted octanol–water partition coefficient (Wildman–Crippen LogP) is -34.3. The van der Waals surface area contributed by atoms with E-state index in [2.05, 4.69) is 235 Å². The Morgan fingerprint density at radius 3 is 0.815 bits per heavy atom. The van der Waals surface area contributed by atoms with Crippen LogP contribution in [0.25, 0.3) is 87.3 Å². The smallest absolute Gasteiger partial charge is 0.145 e. The predicted molar refractivity (Wildman–Crippen MR) is 458 cm³/mol. The van der Waals surface area contributed by atoms with Crippen LogP contribution in [0.2, 0.25) is 0 Å². The molecule has 0 saturated carbocycles. The summed E-state index contributed by atoms with van der Waals surface area (Å²) in [5.41, 5.74) is 52.6. The van der Waals surface area contributed by atoms with E-state index in [1.54, 1.807) is 0 Å². The maximum absolute atomic E-state index is 7.34. The summed E-state index contributed by atoms with van der Waals surface area (Å²) in [5.74, 6) is 0.270. The van der Waals surface area contributed by atoms with Crippen molar-refractivity contribution in [2.45, 2.75) is 0 Å². The van der Waals surface area contributed by atoms with Crippen LogP contribution in [-0.2, 0) is 0 Å². The summed E-state index contributed by atoms with van der Waals surface area (Å²) in [6.07, 6.45) is 0. The van der Waals surface area contributed by atoms with Crippen molar-refractivity contribution in [3.05, 3.63) is 44.0 Å². The zero-order valence-corrected chi connectivity index (χ0v) is 55.6. The number of fused-ring (bicyclic) bond motifs is 8. The molecule has 81 heavy (non-hydrogen) atoms. The lowest BCUT2D eigenvalue weighted by Gasteiger charge is -2.46. The Hall–Kier alpha value is -4.49. The molecule has 0 amide bonds. The first-order valence-corrected chi connectivity index (χ1v) is 30.4. The van der Waals surface area contributed by atoms with E-state index in [0.29, 0.717) is 0 Å². The Balaban J connectivity index is 1.40. The van der Waals surface area contributed by atoms with E-state index < -0.39 is 0 Å². The van der Waals surface area contributed by atoms with Gasteiger partial charge in [0.2, 0.25) is 0 Å². The summed E-state index contributed by atoms with van der Waals surface area (Å²) in [4.78, 5) is 0. The SMILES string of the molecule is BC1=C(B)C2C(c3c(B)c(B)c(B)c4c(B)c(B)c(B)c(B)c34)=C(B)C(B)=C(c3c4c(B)c(B)c(B)c(B)c4c(-c4c(B)c(B)c5oc6c(B)c7c(B)c(B)c(B)c(B)c7c(B)c6c5c4B)c4c(B)c(B)c(B)c(B)c34)C2C(B)=C1B. The second-order valence-electron chi connectivity index (χ2n) is 26.7. The normalized spacial score (nSPS) is 16.0. The van der Waals surface area contributed by atoms with Crippen molar-refractivity contribution < 1.29 is 4.42 Å². The van der Waals surface area contributed by atoms with Gasteiger partial charge in [-0.15, -0.1) is 71.1 Å². The van der Waals surface area contributed by atoms with Crippen LogP contribution in [0, 0.1) is 11.8 Å². The Morgan fingerprint density at radius 2 is 0.432 bits per heavy atom. The number of rotatable bonds is 3. The number of furan rings is 1. The summed E-state index contributed by atoms with van der Waals surface area (Å²) in [6.45, 7) is 0. The van der Waals surface area contributed by atoms with Gasteiger partial charge in [0.15, 0.2) is 0 Å². The third-order valence-corrected chi connectivity index (χ3v) is 24.1. The highest BCUT2D eigenvalue weighted by atomic mass is 16.3. The van der Waals surface area contributed by atoms with Gasteiger partial charge >= 0.3 is 0 Å². The maximum Gasteiger partial charge on any atom is 0.145 e. The Bertz CT molecular complexity index is 4660. The van der Waals surface area contributed by atoms with Crippen LogP contribution in [0.15, 0.2) is 37.3 Å². The van der Waals surface area contributed by atoms with Gasteiger partial charge in [-0.1, -0.05) is 87.4 Å². The van der Waals surface area contributed by atoms with Gasteiger partial charge < -0.3 is 4.42 Å². The molecule has 0 radical (unpaired) electrons. The molecule has 9 aromatic rings. The quantitative estimate of drug-likeness (QED) is 0.127. The van der Waals surface area contributed by atoms with Crippen molar-refractivity contribution in [2.24, 2.45) is 11.8 Å². The Morgan fingerprint density at radius 1 is 0.173 bits per heavy atom. The van der Waals surface area contributed by atoms with E-state index >= 15 is 0 Å². The molecular weight excluding hydrogens is 941 g/mol.